The highest BCUT2D eigenvalue weighted by molar-refractivity contribution is 5.99. The van der Waals surface area contributed by atoms with Crippen LogP contribution < -0.4 is 15.8 Å². The van der Waals surface area contributed by atoms with Crippen LogP contribution in [0.4, 0.5) is 4.39 Å². The number of rotatable bonds is 6. The number of nitrogens with one attached hydrogen (secondary N) is 1. The van der Waals surface area contributed by atoms with Crippen LogP contribution in [0.3, 0.4) is 0 Å². The van der Waals surface area contributed by atoms with Crippen molar-refractivity contribution in [3.05, 3.63) is 59.7 Å². The Hall–Kier alpha value is -3.49. The van der Waals surface area contributed by atoms with Crippen molar-refractivity contribution in [2.24, 2.45) is 28.0 Å². The zero-order valence-electron chi connectivity index (χ0n) is 21.7. The van der Waals surface area contributed by atoms with Gasteiger partial charge in [-0.1, -0.05) is 39.0 Å². The van der Waals surface area contributed by atoms with Crippen LogP contribution in [-0.4, -0.2) is 39.8 Å². The molecule has 5 rings (SSSR count). The molecule has 9 heteroatoms. The van der Waals surface area contributed by atoms with E-state index in [0.29, 0.717) is 25.0 Å². The average Bonchev–Trinajstić information content (AvgIpc) is 3.63. The molecule has 1 aliphatic carbocycles. The molecule has 2 aliphatic heterocycles. The minimum absolute atomic E-state index is 0.0976. The van der Waals surface area contributed by atoms with Gasteiger partial charge in [-0.15, -0.1) is 0 Å². The van der Waals surface area contributed by atoms with E-state index in [1.54, 1.807) is 0 Å². The van der Waals surface area contributed by atoms with E-state index in [2.05, 4.69) is 29.1 Å². The SMILES string of the molecule is CC[C@]1(C)CC(=O)N([C@H](c2cncc(F)c2)C2C[C@H]2C(=O)N[C@@H]2c3ccccc3OCC2(C)C)C(N)=N1. The molecule has 1 fully saturated rings. The van der Waals surface area contributed by atoms with E-state index in [9.17, 15) is 14.0 Å². The molecule has 37 heavy (non-hydrogen) atoms. The van der Waals surface area contributed by atoms with Crippen LogP contribution in [0.15, 0.2) is 47.7 Å². The molecule has 8 nitrogen and oxygen atoms in total. The number of fused-ring (bicyclic) bond motifs is 1. The van der Waals surface area contributed by atoms with Crippen LogP contribution in [0.2, 0.25) is 0 Å². The van der Waals surface area contributed by atoms with Crippen molar-refractivity contribution in [3.63, 3.8) is 0 Å². The molecular formula is C28H34FN5O3. The largest absolute Gasteiger partial charge is 0.493 e. The van der Waals surface area contributed by atoms with Crippen molar-refractivity contribution in [3.8, 4) is 5.75 Å². The monoisotopic (exact) mass is 507 g/mol. The quantitative estimate of drug-likeness (QED) is 0.617. The van der Waals surface area contributed by atoms with Crippen molar-refractivity contribution in [1.29, 1.82) is 0 Å². The van der Waals surface area contributed by atoms with Gasteiger partial charge in [-0.3, -0.25) is 19.5 Å². The zero-order chi connectivity index (χ0) is 26.5. The molecule has 0 radical (unpaired) electrons. The van der Waals surface area contributed by atoms with Gasteiger partial charge in [0.2, 0.25) is 11.8 Å². The molecule has 1 aromatic heterocycles. The summed E-state index contributed by atoms with van der Waals surface area (Å²) in [6.45, 7) is 8.47. The van der Waals surface area contributed by atoms with Gasteiger partial charge in [0.05, 0.1) is 36.8 Å². The second-order valence-corrected chi connectivity index (χ2v) is 11.4. The molecule has 2 aromatic rings. The van der Waals surface area contributed by atoms with Crippen LogP contribution in [0.5, 0.6) is 5.75 Å². The van der Waals surface area contributed by atoms with Crippen molar-refractivity contribution in [2.45, 2.75) is 64.6 Å². The second kappa shape index (κ2) is 9.11. The Morgan fingerprint density at radius 2 is 2.05 bits per heavy atom. The van der Waals surface area contributed by atoms with Gasteiger partial charge in [-0.05, 0) is 43.4 Å². The number of guanidine groups is 1. The van der Waals surface area contributed by atoms with Crippen molar-refractivity contribution in [1.82, 2.24) is 15.2 Å². The number of nitrogens with two attached hydrogens (primary N) is 1. The Balaban J connectivity index is 1.43. The standard InChI is InChI=1S/C28H34FN5O3/c1-5-28(4)12-22(35)34(26(30)33-28)23(16-10-17(29)14-31-13-16)19-11-20(19)25(36)32-24-18-8-6-7-9-21(18)37-15-27(24,2)3/h6-10,13-14,19-20,23-24H,5,11-12,15H2,1-4H3,(H2,30,33)(H,32,36)/t19?,20-,23-,24-,28-/m1/s1. The van der Waals surface area contributed by atoms with E-state index < -0.39 is 17.4 Å². The van der Waals surface area contributed by atoms with E-state index in [-0.39, 0.29) is 47.5 Å². The van der Waals surface area contributed by atoms with E-state index in [4.69, 9.17) is 10.5 Å². The molecule has 3 N–H and O–H groups in total. The number of amides is 2. The molecule has 1 saturated carbocycles. The predicted molar refractivity (Wildman–Crippen MR) is 137 cm³/mol. The number of carbonyl (C=O) groups excluding carboxylic acids is 2. The molecule has 0 spiro atoms. The Bertz CT molecular complexity index is 1260. The van der Waals surface area contributed by atoms with Gasteiger partial charge in [0.1, 0.15) is 11.6 Å². The van der Waals surface area contributed by atoms with Gasteiger partial charge < -0.3 is 15.8 Å². The predicted octanol–water partition coefficient (Wildman–Crippen LogP) is 3.89. The number of aromatic nitrogens is 1. The number of halogens is 1. The third-order valence-electron chi connectivity index (χ3n) is 8.02. The van der Waals surface area contributed by atoms with Crippen LogP contribution in [0.1, 0.15) is 70.2 Å². The van der Waals surface area contributed by atoms with Crippen LogP contribution in [0, 0.1) is 23.1 Å². The number of carbonyl (C=O) groups is 2. The lowest BCUT2D eigenvalue weighted by Crippen LogP contribution is -2.52. The van der Waals surface area contributed by atoms with Crippen molar-refractivity contribution >= 4 is 17.8 Å². The van der Waals surface area contributed by atoms with Gasteiger partial charge in [0.25, 0.3) is 0 Å². The molecular weight excluding hydrogens is 473 g/mol. The van der Waals surface area contributed by atoms with E-state index >= 15 is 0 Å². The maximum Gasteiger partial charge on any atom is 0.232 e. The smallest absolute Gasteiger partial charge is 0.232 e. The zero-order valence-corrected chi connectivity index (χ0v) is 21.7. The summed E-state index contributed by atoms with van der Waals surface area (Å²) < 4.78 is 20.1. The lowest BCUT2D eigenvalue weighted by atomic mass is 9.79. The number of nitrogens with zero attached hydrogens (tertiary/aromatic N) is 3. The molecule has 0 saturated heterocycles. The van der Waals surface area contributed by atoms with Gasteiger partial charge in [0, 0.05) is 23.1 Å². The number of ether oxygens (including phenoxy) is 1. The minimum atomic E-state index is -0.633. The van der Waals surface area contributed by atoms with Gasteiger partial charge >= 0.3 is 0 Å². The third kappa shape index (κ3) is 4.67. The normalized spacial score (nSPS) is 29.0. The summed E-state index contributed by atoms with van der Waals surface area (Å²) >= 11 is 0. The Labute approximate surface area is 216 Å². The number of para-hydroxylation sites is 1. The highest BCUT2D eigenvalue weighted by atomic mass is 19.1. The van der Waals surface area contributed by atoms with Crippen molar-refractivity contribution < 1.29 is 18.7 Å². The lowest BCUT2D eigenvalue weighted by Gasteiger charge is -2.40. The molecule has 3 heterocycles. The first kappa shape index (κ1) is 25.2. The molecule has 2 amide bonds. The summed E-state index contributed by atoms with van der Waals surface area (Å²) in [7, 11) is 0. The first-order valence-corrected chi connectivity index (χ1v) is 12.8. The summed E-state index contributed by atoms with van der Waals surface area (Å²) in [5.41, 5.74) is 6.90. The van der Waals surface area contributed by atoms with E-state index in [1.165, 1.54) is 17.2 Å². The highest BCUT2D eigenvalue weighted by Crippen LogP contribution is 2.52. The number of hydrogen-bond acceptors (Lipinski definition) is 6. The van der Waals surface area contributed by atoms with Crippen LogP contribution >= 0.6 is 0 Å². The van der Waals surface area contributed by atoms with Gasteiger partial charge in [0.15, 0.2) is 5.96 Å². The molecule has 1 aromatic carbocycles. The molecule has 3 aliphatic rings. The van der Waals surface area contributed by atoms with E-state index in [0.717, 1.165) is 17.5 Å². The molecule has 1 unspecified atom stereocenters. The second-order valence-electron chi connectivity index (χ2n) is 11.4. The fourth-order valence-corrected chi connectivity index (χ4v) is 5.59. The third-order valence-corrected chi connectivity index (χ3v) is 8.02. The Kier molecular flexibility index (Phi) is 6.20. The maximum absolute atomic E-state index is 14.2. The summed E-state index contributed by atoms with van der Waals surface area (Å²) in [4.78, 5) is 37.0. The van der Waals surface area contributed by atoms with Crippen molar-refractivity contribution in [2.75, 3.05) is 6.61 Å². The molecule has 196 valence electrons. The highest BCUT2D eigenvalue weighted by Gasteiger charge is 2.54. The maximum atomic E-state index is 14.2. The summed E-state index contributed by atoms with van der Waals surface area (Å²) in [6, 6.07) is 8.23. The van der Waals surface area contributed by atoms with Crippen LogP contribution in [0.25, 0.3) is 0 Å². The fraction of sp³-hybridized carbons (Fsp3) is 0.500. The molecule has 0 bridgehead atoms. The van der Waals surface area contributed by atoms with Crippen LogP contribution in [-0.2, 0) is 9.59 Å². The number of pyridine rings is 1. The van der Waals surface area contributed by atoms with Gasteiger partial charge in [-0.25, -0.2) is 9.38 Å². The Morgan fingerprint density at radius 3 is 2.76 bits per heavy atom. The first-order valence-electron chi connectivity index (χ1n) is 12.8. The topological polar surface area (TPSA) is 110 Å². The summed E-state index contributed by atoms with van der Waals surface area (Å²) in [6.07, 6.45) is 4.05. The van der Waals surface area contributed by atoms with E-state index in [1.807, 2.05) is 38.1 Å². The summed E-state index contributed by atoms with van der Waals surface area (Å²) in [5.74, 6) is -0.539. The number of aliphatic imine (C=N–C) groups is 1. The Morgan fingerprint density at radius 1 is 1.30 bits per heavy atom. The average molecular weight is 508 g/mol. The number of benzene rings is 1. The van der Waals surface area contributed by atoms with Gasteiger partial charge in [-0.2, -0.15) is 0 Å². The minimum Gasteiger partial charge on any atom is -0.493 e. The summed E-state index contributed by atoms with van der Waals surface area (Å²) in [5, 5.41) is 3.25. The fourth-order valence-electron chi connectivity index (χ4n) is 5.59. The lowest BCUT2D eigenvalue weighted by molar-refractivity contribution is -0.132. The number of hydrogen-bond donors (Lipinski definition) is 2. The molecule has 5 atom stereocenters. The first-order chi connectivity index (χ1) is 17.5.